The zero-order valence-corrected chi connectivity index (χ0v) is 20.5. The summed E-state index contributed by atoms with van der Waals surface area (Å²) in [5.41, 5.74) is 3.65. The fourth-order valence-corrected chi connectivity index (χ4v) is 4.85. The van der Waals surface area contributed by atoms with Crippen molar-refractivity contribution in [3.63, 3.8) is 0 Å². The van der Waals surface area contributed by atoms with E-state index in [2.05, 4.69) is 26.5 Å². The van der Waals surface area contributed by atoms with Crippen molar-refractivity contribution in [3.8, 4) is 0 Å². The zero-order valence-electron chi connectivity index (χ0n) is 16.6. The number of carbonyl (C=O) groups excluding carboxylic acids is 1. The van der Waals surface area contributed by atoms with Gasteiger partial charge < -0.3 is 0 Å². The van der Waals surface area contributed by atoms with Crippen LogP contribution in [0, 0.1) is 0 Å². The fraction of sp³-hybridized carbons (Fsp3) is 0.0909. The van der Waals surface area contributed by atoms with E-state index in [1.165, 1.54) is 18.3 Å². The SMILES string of the molecule is O=C(CN(Cc1ccccc1)S(=O)(=O)c1ccc(Br)cc1)N/N=C\c1ccc(Cl)cc1Cl. The predicted molar refractivity (Wildman–Crippen MR) is 130 cm³/mol. The lowest BCUT2D eigenvalue weighted by Gasteiger charge is -2.21. The smallest absolute Gasteiger partial charge is 0.255 e. The van der Waals surface area contributed by atoms with Crippen molar-refractivity contribution in [1.29, 1.82) is 0 Å². The first-order valence-electron chi connectivity index (χ1n) is 9.32. The molecule has 0 spiro atoms. The number of rotatable bonds is 8. The Balaban J connectivity index is 1.78. The number of hydrazone groups is 1. The Morgan fingerprint density at radius 1 is 1.03 bits per heavy atom. The molecule has 0 aliphatic carbocycles. The quantitative estimate of drug-likeness (QED) is 0.311. The first-order chi connectivity index (χ1) is 15.3. The van der Waals surface area contributed by atoms with Crippen LogP contribution in [0.3, 0.4) is 0 Å². The molecule has 6 nitrogen and oxygen atoms in total. The van der Waals surface area contributed by atoms with E-state index in [-0.39, 0.29) is 11.4 Å². The number of benzene rings is 3. The number of nitrogens with zero attached hydrogens (tertiary/aromatic N) is 2. The zero-order chi connectivity index (χ0) is 23.1. The van der Waals surface area contributed by atoms with E-state index < -0.39 is 22.5 Å². The van der Waals surface area contributed by atoms with Crippen molar-refractivity contribution >= 4 is 61.3 Å². The molecule has 10 heteroatoms. The lowest BCUT2D eigenvalue weighted by Crippen LogP contribution is -2.39. The summed E-state index contributed by atoms with van der Waals surface area (Å²) in [5, 5.41) is 4.73. The molecular formula is C22H18BrCl2N3O3S. The average Bonchev–Trinajstić information content (AvgIpc) is 2.76. The Morgan fingerprint density at radius 3 is 2.38 bits per heavy atom. The number of halogens is 3. The van der Waals surface area contributed by atoms with E-state index in [0.29, 0.717) is 15.6 Å². The first-order valence-corrected chi connectivity index (χ1v) is 12.3. The van der Waals surface area contributed by atoms with Crippen molar-refractivity contribution < 1.29 is 13.2 Å². The monoisotopic (exact) mass is 553 g/mol. The highest BCUT2D eigenvalue weighted by atomic mass is 79.9. The molecule has 0 fully saturated rings. The van der Waals surface area contributed by atoms with E-state index in [1.807, 2.05) is 6.07 Å². The van der Waals surface area contributed by atoms with Crippen molar-refractivity contribution in [1.82, 2.24) is 9.73 Å². The first kappa shape index (κ1) is 24.4. The Hall–Kier alpha value is -2.23. The molecule has 166 valence electrons. The molecular weight excluding hydrogens is 537 g/mol. The van der Waals surface area contributed by atoms with Gasteiger partial charge in [-0.3, -0.25) is 4.79 Å². The second-order valence-electron chi connectivity index (χ2n) is 6.67. The minimum absolute atomic E-state index is 0.0272. The van der Waals surface area contributed by atoms with Gasteiger partial charge in [-0.25, -0.2) is 13.8 Å². The minimum atomic E-state index is -3.94. The summed E-state index contributed by atoms with van der Waals surface area (Å²) < 4.78 is 28.3. The van der Waals surface area contributed by atoms with Gasteiger partial charge in [-0.15, -0.1) is 0 Å². The number of carbonyl (C=O) groups is 1. The van der Waals surface area contributed by atoms with Crippen LogP contribution in [0.1, 0.15) is 11.1 Å². The Labute approximate surface area is 205 Å². The van der Waals surface area contributed by atoms with Gasteiger partial charge >= 0.3 is 0 Å². The third-order valence-electron chi connectivity index (χ3n) is 4.33. The second-order valence-corrected chi connectivity index (χ2v) is 10.4. The second kappa shape index (κ2) is 11.1. The normalized spacial score (nSPS) is 11.8. The Morgan fingerprint density at radius 2 is 1.72 bits per heavy atom. The lowest BCUT2D eigenvalue weighted by molar-refractivity contribution is -0.121. The molecule has 0 unspecified atom stereocenters. The summed E-state index contributed by atoms with van der Waals surface area (Å²) in [6.45, 7) is -0.391. The Bertz CT molecular complexity index is 1220. The molecule has 0 aromatic heterocycles. The van der Waals surface area contributed by atoms with Gasteiger partial charge in [0, 0.05) is 21.6 Å². The summed E-state index contributed by atoms with van der Waals surface area (Å²) in [6, 6.07) is 20.1. The highest BCUT2D eigenvalue weighted by Gasteiger charge is 2.27. The van der Waals surface area contributed by atoms with Gasteiger partial charge in [0.15, 0.2) is 0 Å². The average molecular weight is 555 g/mol. The molecule has 0 radical (unpaired) electrons. The van der Waals surface area contributed by atoms with Crippen LogP contribution in [-0.4, -0.2) is 31.4 Å². The minimum Gasteiger partial charge on any atom is -0.272 e. The molecule has 0 atom stereocenters. The van der Waals surface area contributed by atoms with E-state index in [1.54, 1.807) is 54.6 Å². The lowest BCUT2D eigenvalue weighted by atomic mass is 10.2. The highest BCUT2D eigenvalue weighted by Crippen LogP contribution is 2.21. The van der Waals surface area contributed by atoms with Gasteiger partial charge in [0.25, 0.3) is 5.91 Å². The van der Waals surface area contributed by atoms with Crippen LogP contribution in [0.25, 0.3) is 0 Å². The maximum atomic E-state index is 13.2. The van der Waals surface area contributed by atoms with Crippen LogP contribution in [-0.2, 0) is 21.4 Å². The van der Waals surface area contributed by atoms with E-state index >= 15 is 0 Å². The summed E-state index contributed by atoms with van der Waals surface area (Å²) in [7, 11) is -3.94. The standard InChI is InChI=1S/C22H18BrCl2N3O3S/c23-18-7-10-20(11-8-18)32(30,31)28(14-16-4-2-1-3-5-16)15-22(29)27-26-13-17-6-9-19(24)12-21(17)25/h1-13H,14-15H2,(H,27,29)/b26-13-. The van der Waals surface area contributed by atoms with Crippen molar-refractivity contribution in [3.05, 3.63) is 98.4 Å². The predicted octanol–water partition coefficient (Wildman–Crippen LogP) is 5.10. The summed E-state index contributed by atoms with van der Waals surface area (Å²) in [4.78, 5) is 12.6. The van der Waals surface area contributed by atoms with Gasteiger partial charge in [-0.1, -0.05) is 75.5 Å². The van der Waals surface area contributed by atoms with Crippen LogP contribution in [0.5, 0.6) is 0 Å². The molecule has 0 aliphatic rings. The van der Waals surface area contributed by atoms with Crippen LogP contribution in [0.2, 0.25) is 10.0 Å². The molecule has 1 N–H and O–H groups in total. The van der Waals surface area contributed by atoms with Gasteiger partial charge in [0.2, 0.25) is 10.0 Å². The molecule has 0 heterocycles. The summed E-state index contributed by atoms with van der Waals surface area (Å²) >= 11 is 15.2. The van der Waals surface area contributed by atoms with Crippen LogP contribution in [0.15, 0.2) is 87.3 Å². The summed E-state index contributed by atoms with van der Waals surface area (Å²) in [6.07, 6.45) is 1.36. The molecule has 32 heavy (non-hydrogen) atoms. The number of hydrogen-bond acceptors (Lipinski definition) is 4. The maximum absolute atomic E-state index is 13.2. The van der Waals surface area contributed by atoms with Gasteiger partial charge in [0.05, 0.1) is 22.7 Å². The third kappa shape index (κ3) is 6.63. The molecule has 3 rings (SSSR count). The van der Waals surface area contributed by atoms with Crippen LogP contribution in [0.4, 0.5) is 0 Å². The Kier molecular flexibility index (Phi) is 8.44. The molecule has 0 saturated carbocycles. The van der Waals surface area contributed by atoms with E-state index in [9.17, 15) is 13.2 Å². The number of sulfonamides is 1. The maximum Gasteiger partial charge on any atom is 0.255 e. The number of amides is 1. The van der Waals surface area contributed by atoms with Gasteiger partial charge in [-0.05, 0) is 42.0 Å². The van der Waals surface area contributed by atoms with E-state index in [0.717, 1.165) is 14.3 Å². The fourth-order valence-electron chi connectivity index (χ4n) is 2.74. The highest BCUT2D eigenvalue weighted by molar-refractivity contribution is 9.10. The van der Waals surface area contributed by atoms with E-state index in [4.69, 9.17) is 23.2 Å². The number of hydrogen-bond donors (Lipinski definition) is 1. The largest absolute Gasteiger partial charge is 0.272 e. The molecule has 3 aromatic rings. The van der Waals surface area contributed by atoms with Crippen LogP contribution >= 0.6 is 39.1 Å². The molecule has 0 saturated heterocycles. The molecule has 0 aliphatic heterocycles. The molecule has 0 bridgehead atoms. The van der Waals surface area contributed by atoms with Gasteiger partial charge in [0.1, 0.15) is 0 Å². The summed E-state index contributed by atoms with van der Waals surface area (Å²) in [5.74, 6) is -0.594. The van der Waals surface area contributed by atoms with Crippen molar-refractivity contribution in [2.75, 3.05) is 6.54 Å². The van der Waals surface area contributed by atoms with Crippen molar-refractivity contribution in [2.45, 2.75) is 11.4 Å². The van der Waals surface area contributed by atoms with Crippen molar-refractivity contribution in [2.24, 2.45) is 5.10 Å². The molecule has 1 amide bonds. The third-order valence-corrected chi connectivity index (χ3v) is 7.23. The topological polar surface area (TPSA) is 78.8 Å². The van der Waals surface area contributed by atoms with Crippen LogP contribution < -0.4 is 5.43 Å². The molecule has 3 aromatic carbocycles. The van der Waals surface area contributed by atoms with Gasteiger partial charge in [-0.2, -0.15) is 9.41 Å². The number of nitrogens with one attached hydrogen (secondary N) is 1.